The second-order valence-corrected chi connectivity index (χ2v) is 6.47. The third kappa shape index (κ3) is 2.19. The Morgan fingerprint density at radius 3 is 1.71 bits per heavy atom. The van der Waals surface area contributed by atoms with Crippen molar-refractivity contribution in [3.8, 4) is 11.5 Å². The van der Waals surface area contributed by atoms with Gasteiger partial charge in [-0.1, -0.05) is 12.1 Å². The molecule has 2 heteroatoms. The molecule has 2 aromatic rings. The van der Waals surface area contributed by atoms with Gasteiger partial charge in [0, 0.05) is 0 Å². The number of rotatable bonds is 2. The van der Waals surface area contributed by atoms with E-state index < -0.39 is 0 Å². The quantitative estimate of drug-likeness (QED) is 0.863. The summed E-state index contributed by atoms with van der Waals surface area (Å²) in [6, 6.07) is 11.7. The minimum absolute atomic E-state index is 0.385. The van der Waals surface area contributed by atoms with E-state index in [4.69, 9.17) is 0 Å². The van der Waals surface area contributed by atoms with Crippen molar-refractivity contribution in [2.24, 2.45) is 0 Å². The van der Waals surface area contributed by atoms with Gasteiger partial charge < -0.3 is 10.2 Å². The van der Waals surface area contributed by atoms with Gasteiger partial charge in [-0.25, -0.2) is 0 Å². The number of hydrogen-bond acceptors (Lipinski definition) is 2. The van der Waals surface area contributed by atoms with Crippen molar-refractivity contribution in [1.82, 2.24) is 0 Å². The van der Waals surface area contributed by atoms with E-state index in [0.717, 1.165) is 12.8 Å². The monoisotopic (exact) mass is 280 g/mol. The molecule has 2 nitrogen and oxygen atoms in total. The maximum atomic E-state index is 9.60. The normalized spacial score (nSPS) is 23.0. The van der Waals surface area contributed by atoms with Gasteiger partial charge in [0.25, 0.3) is 0 Å². The Morgan fingerprint density at radius 1 is 0.762 bits per heavy atom. The van der Waals surface area contributed by atoms with Gasteiger partial charge in [0.15, 0.2) is 0 Å². The highest BCUT2D eigenvalue weighted by molar-refractivity contribution is 5.43. The number of aromatic hydroxyl groups is 2. The summed E-state index contributed by atoms with van der Waals surface area (Å²) in [5.41, 5.74) is 5.51. The summed E-state index contributed by atoms with van der Waals surface area (Å²) < 4.78 is 0. The van der Waals surface area contributed by atoms with Crippen molar-refractivity contribution in [1.29, 1.82) is 0 Å². The minimum atomic E-state index is 0.385. The summed E-state index contributed by atoms with van der Waals surface area (Å²) in [5, 5.41) is 19.2. The summed E-state index contributed by atoms with van der Waals surface area (Å²) >= 11 is 0. The maximum Gasteiger partial charge on any atom is 0.115 e. The molecule has 21 heavy (non-hydrogen) atoms. The first-order chi connectivity index (χ1) is 10.2. The first-order valence-electron chi connectivity index (χ1n) is 7.84. The standard InChI is InChI=1S/C19H20O2/c20-16-5-7-18-12(1-3-14(18)10-16)9-13-2-4-15-11-17(21)6-8-19(13)15/h5-8,10-13,20-21H,1-4,9H2. The SMILES string of the molecule is Oc1ccc2c(c1)CCC2CC1CCc2cc(O)ccc21. The van der Waals surface area contributed by atoms with Crippen molar-refractivity contribution in [2.45, 2.75) is 43.9 Å². The van der Waals surface area contributed by atoms with Crippen LogP contribution in [0.1, 0.15) is 53.4 Å². The lowest BCUT2D eigenvalue weighted by Gasteiger charge is -2.18. The molecule has 2 aliphatic carbocycles. The third-order valence-corrected chi connectivity index (χ3v) is 5.23. The van der Waals surface area contributed by atoms with Gasteiger partial charge in [-0.15, -0.1) is 0 Å². The van der Waals surface area contributed by atoms with Gasteiger partial charge in [-0.3, -0.25) is 0 Å². The van der Waals surface area contributed by atoms with Crippen LogP contribution in [0.3, 0.4) is 0 Å². The molecule has 2 aromatic carbocycles. The number of aryl methyl sites for hydroxylation is 2. The van der Waals surface area contributed by atoms with Crippen LogP contribution in [0.2, 0.25) is 0 Å². The molecule has 0 saturated carbocycles. The Hall–Kier alpha value is -1.96. The Bertz CT molecular complexity index is 630. The molecule has 0 aromatic heterocycles. The van der Waals surface area contributed by atoms with Crippen LogP contribution in [0.5, 0.6) is 11.5 Å². The van der Waals surface area contributed by atoms with Crippen LogP contribution in [0.4, 0.5) is 0 Å². The van der Waals surface area contributed by atoms with E-state index >= 15 is 0 Å². The van der Waals surface area contributed by atoms with Crippen molar-refractivity contribution in [3.05, 3.63) is 58.7 Å². The van der Waals surface area contributed by atoms with E-state index in [1.165, 1.54) is 41.5 Å². The molecular weight excluding hydrogens is 260 g/mol. The van der Waals surface area contributed by atoms with Crippen LogP contribution >= 0.6 is 0 Å². The molecule has 0 saturated heterocycles. The highest BCUT2D eigenvalue weighted by Crippen LogP contribution is 2.45. The third-order valence-electron chi connectivity index (χ3n) is 5.23. The van der Waals surface area contributed by atoms with Crippen LogP contribution in [0.25, 0.3) is 0 Å². The topological polar surface area (TPSA) is 40.5 Å². The molecule has 108 valence electrons. The largest absolute Gasteiger partial charge is 0.508 e. The van der Waals surface area contributed by atoms with Gasteiger partial charge >= 0.3 is 0 Å². The maximum absolute atomic E-state index is 9.60. The van der Waals surface area contributed by atoms with Crippen LogP contribution < -0.4 is 0 Å². The van der Waals surface area contributed by atoms with Crippen LogP contribution in [-0.4, -0.2) is 10.2 Å². The van der Waals surface area contributed by atoms with Gasteiger partial charge in [-0.05, 0) is 90.5 Å². The summed E-state index contributed by atoms with van der Waals surface area (Å²) in [6.45, 7) is 0. The first-order valence-corrected chi connectivity index (χ1v) is 7.84. The second-order valence-electron chi connectivity index (χ2n) is 6.47. The lowest BCUT2D eigenvalue weighted by molar-refractivity contribution is 0.474. The molecule has 2 unspecified atom stereocenters. The molecular formula is C19H20O2. The predicted octanol–water partition coefficient (Wildman–Crippen LogP) is 4.25. The summed E-state index contributed by atoms with van der Waals surface area (Å²) in [4.78, 5) is 0. The molecule has 0 fully saturated rings. The van der Waals surface area contributed by atoms with Gasteiger partial charge in [0.1, 0.15) is 11.5 Å². The molecule has 0 aliphatic heterocycles. The smallest absolute Gasteiger partial charge is 0.115 e. The van der Waals surface area contributed by atoms with E-state index in [0.29, 0.717) is 23.3 Å². The molecule has 2 atom stereocenters. The highest BCUT2D eigenvalue weighted by Gasteiger charge is 2.29. The lowest BCUT2D eigenvalue weighted by Crippen LogP contribution is -2.01. The molecule has 0 amide bonds. The average molecular weight is 280 g/mol. The van der Waals surface area contributed by atoms with Gasteiger partial charge in [0.05, 0.1) is 0 Å². The molecule has 0 spiro atoms. The fourth-order valence-electron chi connectivity index (χ4n) is 4.22. The summed E-state index contributed by atoms with van der Waals surface area (Å²) in [5.74, 6) is 2.00. The van der Waals surface area contributed by atoms with E-state index in [9.17, 15) is 10.2 Å². The minimum Gasteiger partial charge on any atom is -0.508 e. The zero-order chi connectivity index (χ0) is 14.4. The Kier molecular flexibility index (Phi) is 2.91. The number of fused-ring (bicyclic) bond motifs is 2. The number of phenols is 2. The fourth-order valence-corrected chi connectivity index (χ4v) is 4.22. The van der Waals surface area contributed by atoms with Crippen LogP contribution in [0, 0.1) is 0 Å². The molecule has 0 radical (unpaired) electrons. The first kappa shape index (κ1) is 12.8. The summed E-state index contributed by atoms with van der Waals surface area (Å²) in [7, 11) is 0. The van der Waals surface area contributed by atoms with E-state index in [1.54, 1.807) is 0 Å². The number of benzene rings is 2. The second kappa shape index (κ2) is 4.80. The van der Waals surface area contributed by atoms with Crippen LogP contribution in [0.15, 0.2) is 36.4 Å². The summed E-state index contributed by atoms with van der Waals surface area (Å²) in [6.07, 6.45) is 5.76. The van der Waals surface area contributed by atoms with Crippen molar-refractivity contribution in [3.63, 3.8) is 0 Å². The van der Waals surface area contributed by atoms with Crippen molar-refractivity contribution in [2.75, 3.05) is 0 Å². The van der Waals surface area contributed by atoms with Gasteiger partial charge in [-0.2, -0.15) is 0 Å². The Labute approximate surface area is 125 Å². The van der Waals surface area contributed by atoms with E-state index in [2.05, 4.69) is 12.1 Å². The average Bonchev–Trinajstić information content (AvgIpc) is 3.03. The zero-order valence-corrected chi connectivity index (χ0v) is 12.0. The molecule has 0 bridgehead atoms. The zero-order valence-electron chi connectivity index (χ0n) is 12.0. The fraction of sp³-hybridized carbons (Fsp3) is 0.368. The lowest BCUT2D eigenvalue weighted by atomic mass is 9.87. The van der Waals surface area contributed by atoms with Crippen molar-refractivity contribution >= 4 is 0 Å². The molecule has 2 aliphatic rings. The predicted molar refractivity (Wildman–Crippen MR) is 83.0 cm³/mol. The Balaban J connectivity index is 1.57. The van der Waals surface area contributed by atoms with E-state index in [-0.39, 0.29) is 0 Å². The van der Waals surface area contributed by atoms with E-state index in [1.807, 2.05) is 24.3 Å². The molecule has 2 N–H and O–H groups in total. The van der Waals surface area contributed by atoms with Crippen LogP contribution in [-0.2, 0) is 12.8 Å². The molecule has 0 heterocycles. The number of phenolic OH excluding ortho intramolecular Hbond substituents is 2. The van der Waals surface area contributed by atoms with Crippen molar-refractivity contribution < 1.29 is 10.2 Å². The molecule has 4 rings (SSSR count). The number of hydrogen-bond donors (Lipinski definition) is 2. The Morgan fingerprint density at radius 2 is 1.24 bits per heavy atom. The van der Waals surface area contributed by atoms with Gasteiger partial charge in [0.2, 0.25) is 0 Å². The highest BCUT2D eigenvalue weighted by atomic mass is 16.3.